The molecular formula is C14H21NO4. The summed E-state index contributed by atoms with van der Waals surface area (Å²) in [4.78, 5) is 34.7. The number of allylic oxidation sites excluding steroid dienone is 1. The highest BCUT2D eigenvalue weighted by Crippen LogP contribution is 2.36. The third-order valence-corrected chi connectivity index (χ3v) is 3.78. The van der Waals surface area contributed by atoms with Gasteiger partial charge in [-0.05, 0) is 24.8 Å². The van der Waals surface area contributed by atoms with Gasteiger partial charge in [0.15, 0.2) is 0 Å². The zero-order valence-electron chi connectivity index (χ0n) is 11.9. The van der Waals surface area contributed by atoms with Crippen LogP contribution in [0.5, 0.6) is 0 Å². The number of carbonyl (C=O) groups is 2. The average molecular weight is 267 g/mol. The summed E-state index contributed by atoms with van der Waals surface area (Å²) in [6.45, 7) is 7.14. The van der Waals surface area contributed by atoms with E-state index < -0.39 is 16.9 Å². The summed E-state index contributed by atoms with van der Waals surface area (Å²) in [5.74, 6) is -1.12. The van der Waals surface area contributed by atoms with E-state index in [4.69, 9.17) is 0 Å². The fourth-order valence-corrected chi connectivity index (χ4v) is 2.55. The molecular weight excluding hydrogens is 246 g/mol. The Hall–Kier alpha value is -1.52. The van der Waals surface area contributed by atoms with Gasteiger partial charge in [0.05, 0.1) is 5.92 Å². The molecule has 0 spiro atoms. The third-order valence-electron chi connectivity index (χ3n) is 3.78. The van der Waals surface area contributed by atoms with Gasteiger partial charge in [0.2, 0.25) is 6.04 Å². The SMILES string of the molecule is CC=C(C)C(CC1C(=O)CC(C)(C)CC1=O)[N+](=O)[O-]. The Morgan fingerprint density at radius 2 is 1.89 bits per heavy atom. The highest BCUT2D eigenvalue weighted by molar-refractivity contribution is 6.05. The molecule has 0 aromatic rings. The lowest BCUT2D eigenvalue weighted by Crippen LogP contribution is -2.40. The van der Waals surface area contributed by atoms with Crippen LogP contribution in [0.1, 0.15) is 47.0 Å². The first-order chi connectivity index (χ1) is 8.68. The summed E-state index contributed by atoms with van der Waals surface area (Å²) in [5.41, 5.74) is 0.278. The summed E-state index contributed by atoms with van der Waals surface area (Å²) in [6, 6.07) is -0.941. The molecule has 0 heterocycles. The number of ketones is 2. The highest BCUT2D eigenvalue weighted by Gasteiger charge is 2.42. The van der Waals surface area contributed by atoms with E-state index in [9.17, 15) is 19.7 Å². The van der Waals surface area contributed by atoms with Crippen LogP contribution >= 0.6 is 0 Å². The molecule has 19 heavy (non-hydrogen) atoms. The summed E-state index contributed by atoms with van der Waals surface area (Å²) in [6.07, 6.45) is 2.30. The van der Waals surface area contributed by atoms with Gasteiger partial charge in [-0.15, -0.1) is 0 Å². The van der Waals surface area contributed by atoms with Crippen LogP contribution in [0.4, 0.5) is 0 Å². The molecule has 0 amide bonds. The number of hydrogen-bond donors (Lipinski definition) is 0. The molecule has 1 unspecified atom stereocenters. The minimum absolute atomic E-state index is 0.00306. The van der Waals surface area contributed by atoms with Crippen molar-refractivity contribution in [2.45, 2.75) is 53.0 Å². The van der Waals surface area contributed by atoms with Crippen LogP contribution in [0.25, 0.3) is 0 Å². The minimum atomic E-state index is -0.941. The zero-order valence-corrected chi connectivity index (χ0v) is 11.9. The maximum absolute atomic E-state index is 12.0. The van der Waals surface area contributed by atoms with Gasteiger partial charge in [-0.25, -0.2) is 0 Å². The monoisotopic (exact) mass is 267 g/mol. The summed E-state index contributed by atoms with van der Waals surface area (Å²) in [7, 11) is 0. The lowest BCUT2D eigenvalue weighted by atomic mass is 9.70. The van der Waals surface area contributed by atoms with Gasteiger partial charge < -0.3 is 0 Å². The molecule has 0 aromatic heterocycles. The smallest absolute Gasteiger partial charge is 0.235 e. The second-order valence-corrected chi connectivity index (χ2v) is 6.07. The molecule has 0 saturated heterocycles. The predicted octanol–water partition coefficient (Wildman–Crippen LogP) is 2.56. The first-order valence-electron chi connectivity index (χ1n) is 6.49. The average Bonchev–Trinajstić information content (AvgIpc) is 2.25. The van der Waals surface area contributed by atoms with Crippen molar-refractivity contribution in [1.82, 2.24) is 0 Å². The van der Waals surface area contributed by atoms with Crippen LogP contribution in [0.15, 0.2) is 11.6 Å². The molecule has 1 saturated carbocycles. The molecule has 0 radical (unpaired) electrons. The van der Waals surface area contributed by atoms with Crippen molar-refractivity contribution >= 4 is 11.6 Å². The number of Topliss-reactive ketones (excluding diaryl/α,β-unsaturated/α-hetero) is 2. The molecule has 0 aromatic carbocycles. The minimum Gasteiger partial charge on any atom is -0.299 e. The van der Waals surface area contributed by atoms with Crippen LogP contribution in [0.2, 0.25) is 0 Å². The predicted molar refractivity (Wildman–Crippen MR) is 71.3 cm³/mol. The Balaban J connectivity index is 2.89. The Morgan fingerprint density at radius 1 is 1.42 bits per heavy atom. The Morgan fingerprint density at radius 3 is 2.26 bits per heavy atom. The number of carbonyl (C=O) groups excluding carboxylic acids is 2. The van der Waals surface area contributed by atoms with Gasteiger partial charge in [0.1, 0.15) is 11.6 Å². The molecule has 1 aliphatic rings. The van der Waals surface area contributed by atoms with Crippen LogP contribution < -0.4 is 0 Å². The van der Waals surface area contributed by atoms with E-state index in [1.54, 1.807) is 19.9 Å². The molecule has 5 heteroatoms. The standard InChI is InChI=1S/C14H21NO4/c1-5-9(2)11(15(18)19)6-10-12(16)7-14(3,4)8-13(10)17/h5,10-11H,6-8H2,1-4H3. The number of nitrogens with zero attached hydrogens (tertiary/aromatic N) is 1. The molecule has 0 N–H and O–H groups in total. The van der Waals surface area contributed by atoms with E-state index in [1.165, 1.54) is 0 Å². The number of rotatable bonds is 4. The van der Waals surface area contributed by atoms with E-state index in [-0.39, 0.29) is 23.4 Å². The van der Waals surface area contributed by atoms with Crippen LogP contribution in [0, 0.1) is 21.4 Å². The maximum atomic E-state index is 12.0. The van der Waals surface area contributed by atoms with Gasteiger partial charge in [-0.2, -0.15) is 0 Å². The molecule has 5 nitrogen and oxygen atoms in total. The molecule has 1 fully saturated rings. The normalized spacial score (nSPS) is 22.4. The highest BCUT2D eigenvalue weighted by atomic mass is 16.6. The molecule has 106 valence electrons. The van der Waals surface area contributed by atoms with Crippen molar-refractivity contribution in [3.8, 4) is 0 Å². The van der Waals surface area contributed by atoms with Crippen LogP contribution in [0.3, 0.4) is 0 Å². The van der Waals surface area contributed by atoms with Gasteiger partial charge in [-0.1, -0.05) is 19.9 Å². The van der Waals surface area contributed by atoms with Crippen molar-refractivity contribution in [3.63, 3.8) is 0 Å². The van der Waals surface area contributed by atoms with E-state index in [2.05, 4.69) is 0 Å². The fourth-order valence-electron chi connectivity index (χ4n) is 2.55. The molecule has 1 rings (SSSR count). The number of nitro groups is 1. The molecule has 0 bridgehead atoms. The molecule has 0 aliphatic heterocycles. The molecule has 1 atom stereocenters. The summed E-state index contributed by atoms with van der Waals surface area (Å²) < 4.78 is 0. The maximum Gasteiger partial charge on any atom is 0.235 e. The second-order valence-electron chi connectivity index (χ2n) is 6.07. The van der Waals surface area contributed by atoms with E-state index in [0.29, 0.717) is 18.4 Å². The van der Waals surface area contributed by atoms with E-state index >= 15 is 0 Å². The Labute approximate surface area is 113 Å². The Kier molecular flexibility index (Phi) is 4.61. The van der Waals surface area contributed by atoms with E-state index in [0.717, 1.165) is 0 Å². The summed E-state index contributed by atoms with van der Waals surface area (Å²) >= 11 is 0. The van der Waals surface area contributed by atoms with Crippen molar-refractivity contribution in [1.29, 1.82) is 0 Å². The van der Waals surface area contributed by atoms with Gasteiger partial charge >= 0.3 is 0 Å². The van der Waals surface area contributed by atoms with Crippen molar-refractivity contribution in [2.75, 3.05) is 0 Å². The summed E-state index contributed by atoms with van der Waals surface area (Å²) in [5, 5.41) is 11.1. The second kappa shape index (κ2) is 5.63. The van der Waals surface area contributed by atoms with Gasteiger partial charge in [0.25, 0.3) is 0 Å². The topological polar surface area (TPSA) is 77.3 Å². The fraction of sp³-hybridized carbons (Fsp3) is 0.714. The number of hydrogen-bond acceptors (Lipinski definition) is 4. The first-order valence-corrected chi connectivity index (χ1v) is 6.49. The largest absolute Gasteiger partial charge is 0.299 e. The molecule has 1 aliphatic carbocycles. The Bertz CT molecular complexity index is 417. The van der Waals surface area contributed by atoms with E-state index in [1.807, 2.05) is 13.8 Å². The first kappa shape index (κ1) is 15.5. The lowest BCUT2D eigenvalue weighted by Gasteiger charge is -2.32. The van der Waals surface area contributed by atoms with Crippen LogP contribution in [-0.4, -0.2) is 22.5 Å². The zero-order chi connectivity index (χ0) is 14.8. The van der Waals surface area contributed by atoms with Crippen molar-refractivity contribution in [3.05, 3.63) is 21.8 Å². The van der Waals surface area contributed by atoms with Gasteiger partial charge in [-0.3, -0.25) is 19.7 Å². The van der Waals surface area contributed by atoms with Crippen LogP contribution in [-0.2, 0) is 9.59 Å². The third kappa shape index (κ3) is 3.72. The lowest BCUT2D eigenvalue weighted by molar-refractivity contribution is -0.513. The van der Waals surface area contributed by atoms with Crippen molar-refractivity contribution < 1.29 is 14.5 Å². The quantitative estimate of drug-likeness (QED) is 0.339. The van der Waals surface area contributed by atoms with Crippen molar-refractivity contribution in [2.24, 2.45) is 11.3 Å². The van der Waals surface area contributed by atoms with Gasteiger partial charge in [0, 0.05) is 24.2 Å².